The monoisotopic (exact) mass is 674 g/mol. The van der Waals surface area contributed by atoms with Crippen LogP contribution in [0.3, 0.4) is 0 Å². The minimum absolute atomic E-state index is 0.0547. The Morgan fingerprint density at radius 1 is 0.898 bits per heavy atom. The number of H-pyrrole nitrogens is 1. The zero-order chi connectivity index (χ0) is 35.0. The molecule has 0 radical (unpaired) electrons. The molecule has 0 saturated carbocycles. The average molecular weight is 675 g/mol. The maximum absolute atomic E-state index is 12.9. The van der Waals surface area contributed by atoms with E-state index in [-0.39, 0.29) is 31.8 Å². The van der Waals surface area contributed by atoms with Gasteiger partial charge in [0.2, 0.25) is 0 Å². The Morgan fingerprint density at radius 3 is 2.06 bits per heavy atom. The highest BCUT2D eigenvalue weighted by Crippen LogP contribution is 2.43. The third kappa shape index (κ3) is 7.91. The topological polar surface area (TPSA) is 165 Å². The van der Waals surface area contributed by atoms with E-state index in [0.29, 0.717) is 11.5 Å². The Morgan fingerprint density at radius 2 is 1.49 bits per heavy atom. The molecule has 4 aromatic rings. The van der Waals surface area contributed by atoms with Crippen LogP contribution in [0.25, 0.3) is 0 Å². The van der Waals surface area contributed by atoms with Gasteiger partial charge < -0.3 is 33.5 Å². The van der Waals surface area contributed by atoms with Crippen molar-refractivity contribution in [3.63, 3.8) is 0 Å². The molecule has 13 nitrogen and oxygen atoms in total. The van der Waals surface area contributed by atoms with E-state index in [1.807, 2.05) is 78.9 Å². The van der Waals surface area contributed by atoms with Gasteiger partial charge in [0.15, 0.2) is 11.8 Å². The Balaban J connectivity index is 1.60. The van der Waals surface area contributed by atoms with Crippen molar-refractivity contribution in [3.05, 3.63) is 128 Å². The summed E-state index contributed by atoms with van der Waals surface area (Å²) >= 11 is 0. The maximum Gasteiger partial charge on any atom is 0.330 e. The van der Waals surface area contributed by atoms with Gasteiger partial charge in [0.05, 0.1) is 46.9 Å². The molecule has 1 aliphatic rings. The number of aliphatic carboxylic acids is 1. The summed E-state index contributed by atoms with van der Waals surface area (Å²) in [5.41, 5.74) is -1.51. The standard InChI is InChI=1S/C36H38N2O11/c1-24-19-38(34(43)37-33(24)42)30-20-46-21-35(49-30,22-47-32(41)18-17-31(39)40)23-48-36(25-7-5-4-6-8-25,26-9-13-28(44-2)14-10-26)27-11-15-29(45-3)16-12-27/h4-16,19,30H,17-18,20-23H2,1-3H3,(H,39,40)(H,37,42,43)/t30-,35-/m1/s1. The average Bonchev–Trinajstić information content (AvgIpc) is 3.12. The molecule has 1 aliphatic heterocycles. The summed E-state index contributed by atoms with van der Waals surface area (Å²) in [5, 5.41) is 9.08. The van der Waals surface area contributed by atoms with Crippen LogP contribution >= 0.6 is 0 Å². The zero-order valence-corrected chi connectivity index (χ0v) is 27.4. The molecule has 2 heterocycles. The Hall–Kier alpha value is -5.24. The molecule has 0 amide bonds. The number of carbonyl (C=O) groups excluding carboxylic acids is 1. The van der Waals surface area contributed by atoms with Crippen molar-refractivity contribution in [3.8, 4) is 11.5 Å². The number of carbonyl (C=O) groups is 2. The van der Waals surface area contributed by atoms with Gasteiger partial charge in [-0.1, -0.05) is 54.6 Å². The van der Waals surface area contributed by atoms with E-state index in [1.165, 1.54) is 10.8 Å². The van der Waals surface area contributed by atoms with Crippen LogP contribution in [0.4, 0.5) is 0 Å². The van der Waals surface area contributed by atoms with E-state index >= 15 is 0 Å². The van der Waals surface area contributed by atoms with Gasteiger partial charge in [-0.25, -0.2) is 4.79 Å². The second-order valence-corrected chi connectivity index (χ2v) is 11.6. The number of esters is 1. The highest BCUT2D eigenvalue weighted by Gasteiger charge is 2.46. The number of nitrogens with one attached hydrogen (secondary N) is 1. The molecule has 1 aromatic heterocycles. The second kappa shape index (κ2) is 15.3. The minimum atomic E-state index is -1.50. The van der Waals surface area contributed by atoms with Gasteiger partial charge in [0, 0.05) is 11.8 Å². The summed E-state index contributed by atoms with van der Waals surface area (Å²) in [5.74, 6) is -0.631. The smallest absolute Gasteiger partial charge is 0.330 e. The highest BCUT2D eigenvalue weighted by atomic mass is 16.6. The molecule has 13 heteroatoms. The fourth-order valence-corrected chi connectivity index (χ4v) is 5.64. The number of methoxy groups -OCH3 is 2. The molecule has 49 heavy (non-hydrogen) atoms. The summed E-state index contributed by atoms with van der Waals surface area (Å²) in [7, 11) is 3.15. The third-order valence-electron chi connectivity index (χ3n) is 8.23. The first-order valence-corrected chi connectivity index (χ1v) is 15.5. The van der Waals surface area contributed by atoms with Crippen molar-refractivity contribution in [2.45, 2.75) is 37.2 Å². The number of hydrogen-bond acceptors (Lipinski definition) is 10. The Bertz CT molecular complexity index is 1810. The van der Waals surface area contributed by atoms with Crippen LogP contribution in [0.2, 0.25) is 0 Å². The molecule has 0 spiro atoms. The molecular weight excluding hydrogens is 636 g/mol. The molecule has 3 aromatic carbocycles. The summed E-state index contributed by atoms with van der Waals surface area (Å²) in [6.45, 7) is 0.760. The maximum atomic E-state index is 12.9. The SMILES string of the molecule is COc1ccc(C(OC[C@]2(COC(=O)CCC(=O)O)COC[C@H](n3cc(C)c(=O)[nH]c3=O)O2)(c2ccccc2)c2ccc(OC)cc2)cc1. The lowest BCUT2D eigenvalue weighted by Crippen LogP contribution is -2.55. The number of benzene rings is 3. The quantitative estimate of drug-likeness (QED) is 0.148. The molecule has 5 rings (SSSR count). The van der Waals surface area contributed by atoms with Gasteiger partial charge in [-0.2, -0.15) is 0 Å². The lowest BCUT2D eigenvalue weighted by atomic mass is 9.79. The third-order valence-corrected chi connectivity index (χ3v) is 8.23. The van der Waals surface area contributed by atoms with Gasteiger partial charge >= 0.3 is 17.6 Å². The lowest BCUT2D eigenvalue weighted by molar-refractivity contribution is -0.263. The summed E-state index contributed by atoms with van der Waals surface area (Å²) < 4.78 is 37.2. The molecule has 0 aliphatic carbocycles. The van der Waals surface area contributed by atoms with Crippen molar-refractivity contribution in [2.75, 3.05) is 40.6 Å². The summed E-state index contributed by atoms with van der Waals surface area (Å²) in [4.78, 5) is 51.0. The van der Waals surface area contributed by atoms with Crippen LogP contribution in [0, 0.1) is 6.92 Å². The van der Waals surface area contributed by atoms with Gasteiger partial charge in [-0.15, -0.1) is 0 Å². The molecule has 0 bridgehead atoms. The fourth-order valence-electron chi connectivity index (χ4n) is 5.64. The predicted molar refractivity (Wildman–Crippen MR) is 176 cm³/mol. The van der Waals surface area contributed by atoms with Gasteiger partial charge in [0.1, 0.15) is 23.7 Å². The Kier molecular flexibility index (Phi) is 11.0. The van der Waals surface area contributed by atoms with Gasteiger partial charge in [0.25, 0.3) is 5.56 Å². The number of hydrogen-bond donors (Lipinski definition) is 2. The van der Waals surface area contributed by atoms with Crippen molar-refractivity contribution >= 4 is 11.9 Å². The van der Waals surface area contributed by atoms with Crippen molar-refractivity contribution < 1.29 is 43.1 Å². The number of carboxylic acid groups (broad SMARTS) is 1. The highest BCUT2D eigenvalue weighted by molar-refractivity contribution is 5.76. The first-order valence-electron chi connectivity index (χ1n) is 15.5. The first-order chi connectivity index (χ1) is 23.6. The van der Waals surface area contributed by atoms with Gasteiger partial charge in [-0.05, 0) is 47.9 Å². The predicted octanol–water partition coefficient (Wildman–Crippen LogP) is 3.56. The van der Waals surface area contributed by atoms with Crippen molar-refractivity contribution in [1.82, 2.24) is 9.55 Å². The lowest BCUT2D eigenvalue weighted by Gasteiger charge is -2.44. The van der Waals surface area contributed by atoms with Crippen molar-refractivity contribution in [2.24, 2.45) is 0 Å². The molecule has 2 N–H and O–H groups in total. The number of aromatic nitrogens is 2. The molecular formula is C36H38N2O11. The number of aryl methyl sites for hydroxylation is 1. The van der Waals surface area contributed by atoms with E-state index in [1.54, 1.807) is 21.1 Å². The molecule has 2 atom stereocenters. The number of rotatable bonds is 14. The van der Waals surface area contributed by atoms with Crippen LogP contribution in [0.5, 0.6) is 11.5 Å². The van der Waals surface area contributed by atoms with Crippen LogP contribution < -0.4 is 20.7 Å². The fraction of sp³-hybridized carbons (Fsp3) is 0.333. The van der Waals surface area contributed by atoms with Crippen LogP contribution in [-0.4, -0.2) is 72.8 Å². The number of ether oxygens (including phenoxy) is 6. The van der Waals surface area contributed by atoms with E-state index in [9.17, 15) is 19.2 Å². The van der Waals surface area contributed by atoms with E-state index in [2.05, 4.69) is 4.98 Å². The molecule has 0 unspecified atom stereocenters. The molecule has 1 fully saturated rings. The van der Waals surface area contributed by atoms with Gasteiger partial charge in [-0.3, -0.25) is 23.9 Å². The van der Waals surface area contributed by atoms with E-state index in [0.717, 1.165) is 16.7 Å². The number of aromatic amines is 1. The summed E-state index contributed by atoms with van der Waals surface area (Å²) in [6, 6.07) is 24.4. The van der Waals surface area contributed by atoms with E-state index in [4.69, 9.17) is 33.5 Å². The number of carboxylic acids is 1. The van der Waals surface area contributed by atoms with E-state index < -0.39 is 53.6 Å². The van der Waals surface area contributed by atoms with Crippen LogP contribution in [0.1, 0.15) is 41.3 Å². The normalized spacial score (nSPS) is 17.7. The largest absolute Gasteiger partial charge is 0.497 e. The molecule has 1 saturated heterocycles. The molecule has 258 valence electrons. The van der Waals surface area contributed by atoms with Crippen molar-refractivity contribution in [1.29, 1.82) is 0 Å². The van der Waals surface area contributed by atoms with Crippen LogP contribution in [-0.2, 0) is 34.1 Å². The first kappa shape index (κ1) is 35.1. The zero-order valence-electron chi connectivity index (χ0n) is 27.4. The Labute approximate surface area is 281 Å². The second-order valence-electron chi connectivity index (χ2n) is 11.6. The van der Waals surface area contributed by atoms with Crippen LogP contribution in [0.15, 0.2) is 94.6 Å². The minimum Gasteiger partial charge on any atom is -0.497 e. The summed E-state index contributed by atoms with van der Waals surface area (Å²) in [6.07, 6.45) is -0.443. The number of nitrogens with zero attached hydrogens (tertiary/aromatic N) is 1.